The maximum atomic E-state index is 11.0. The lowest BCUT2D eigenvalue weighted by atomic mass is 10.2. The quantitative estimate of drug-likeness (QED) is 0.786. The Morgan fingerprint density at radius 3 is 2.79 bits per heavy atom. The fraction of sp³-hybridized carbons (Fsp3) is 0.231. The molecule has 2 aromatic rings. The van der Waals surface area contributed by atoms with Gasteiger partial charge in [-0.1, -0.05) is 12.1 Å². The summed E-state index contributed by atoms with van der Waals surface area (Å²) < 4.78 is 1.68. The summed E-state index contributed by atoms with van der Waals surface area (Å²) in [5.74, 6) is -0.896. The van der Waals surface area contributed by atoms with Gasteiger partial charge >= 0.3 is 5.97 Å². The molecule has 0 bridgehead atoms. The number of carboxylic acids is 1. The van der Waals surface area contributed by atoms with E-state index in [0.29, 0.717) is 17.9 Å². The summed E-state index contributed by atoms with van der Waals surface area (Å²) in [6.45, 7) is 0.345. The molecule has 0 unspecified atom stereocenters. The molecule has 1 aromatic carbocycles. The zero-order chi connectivity index (χ0) is 13.8. The highest BCUT2D eigenvalue weighted by molar-refractivity contribution is 5.77. The third kappa shape index (κ3) is 3.25. The van der Waals surface area contributed by atoms with Crippen LogP contribution < -0.4 is 10.6 Å². The van der Waals surface area contributed by atoms with Crippen LogP contribution in [0.4, 0.5) is 11.4 Å². The van der Waals surface area contributed by atoms with Crippen LogP contribution in [0.3, 0.4) is 0 Å². The van der Waals surface area contributed by atoms with E-state index in [4.69, 9.17) is 10.8 Å². The molecule has 100 valence electrons. The Kier molecular flexibility index (Phi) is 3.70. The highest BCUT2D eigenvalue weighted by atomic mass is 16.4. The van der Waals surface area contributed by atoms with Gasteiger partial charge in [-0.3, -0.25) is 9.48 Å². The lowest BCUT2D eigenvalue weighted by molar-refractivity contribution is -0.135. The fourth-order valence-electron chi connectivity index (χ4n) is 1.94. The predicted octanol–water partition coefficient (Wildman–Crippen LogP) is 1.09. The SMILES string of the molecule is Cn1cc(CN(CC(=O)O)c2ccccc2N)cn1. The van der Waals surface area contributed by atoms with Crippen LogP contribution in [0.1, 0.15) is 5.56 Å². The van der Waals surface area contributed by atoms with E-state index in [1.54, 1.807) is 21.8 Å². The van der Waals surface area contributed by atoms with Crippen molar-refractivity contribution in [3.63, 3.8) is 0 Å². The summed E-state index contributed by atoms with van der Waals surface area (Å²) in [6, 6.07) is 7.23. The lowest BCUT2D eigenvalue weighted by Gasteiger charge is -2.23. The molecule has 0 fully saturated rings. The van der Waals surface area contributed by atoms with Crippen molar-refractivity contribution >= 4 is 17.3 Å². The monoisotopic (exact) mass is 260 g/mol. The number of para-hydroxylation sites is 2. The molecule has 0 saturated carbocycles. The highest BCUT2D eigenvalue weighted by Gasteiger charge is 2.14. The zero-order valence-electron chi connectivity index (χ0n) is 10.7. The normalized spacial score (nSPS) is 10.4. The molecule has 19 heavy (non-hydrogen) atoms. The third-order valence-corrected chi connectivity index (χ3v) is 2.74. The Bertz CT molecular complexity index is 580. The maximum Gasteiger partial charge on any atom is 0.323 e. The van der Waals surface area contributed by atoms with Crippen molar-refractivity contribution in [2.45, 2.75) is 6.54 Å². The van der Waals surface area contributed by atoms with Crippen molar-refractivity contribution in [1.29, 1.82) is 0 Å². The van der Waals surface area contributed by atoms with Gasteiger partial charge in [0.25, 0.3) is 0 Å². The highest BCUT2D eigenvalue weighted by Crippen LogP contribution is 2.23. The second-order valence-electron chi connectivity index (χ2n) is 4.33. The Morgan fingerprint density at radius 2 is 2.21 bits per heavy atom. The van der Waals surface area contributed by atoms with E-state index >= 15 is 0 Å². The molecule has 0 aliphatic rings. The van der Waals surface area contributed by atoms with E-state index in [-0.39, 0.29) is 6.54 Å². The topological polar surface area (TPSA) is 84.4 Å². The smallest absolute Gasteiger partial charge is 0.323 e. The van der Waals surface area contributed by atoms with Crippen LogP contribution in [-0.2, 0) is 18.4 Å². The molecule has 3 N–H and O–H groups in total. The maximum absolute atomic E-state index is 11.0. The summed E-state index contributed by atoms with van der Waals surface area (Å²) in [4.78, 5) is 12.7. The van der Waals surface area contributed by atoms with Crippen LogP contribution >= 0.6 is 0 Å². The standard InChI is InChI=1S/C13H16N4O2/c1-16-7-10(6-15-16)8-17(9-13(18)19)12-5-3-2-4-11(12)14/h2-7H,8-9,14H2,1H3,(H,18,19). The number of carboxylic acid groups (broad SMARTS) is 1. The molecule has 0 radical (unpaired) electrons. The molecule has 0 aliphatic carbocycles. The Balaban J connectivity index is 2.26. The number of nitrogens with two attached hydrogens (primary N) is 1. The predicted molar refractivity (Wildman–Crippen MR) is 72.7 cm³/mol. The number of carbonyl (C=O) groups is 1. The first kappa shape index (κ1) is 12.9. The second-order valence-corrected chi connectivity index (χ2v) is 4.33. The van der Waals surface area contributed by atoms with Gasteiger partial charge in [-0.05, 0) is 12.1 Å². The molecule has 2 rings (SSSR count). The van der Waals surface area contributed by atoms with E-state index in [0.717, 1.165) is 5.56 Å². The number of nitrogen functional groups attached to an aromatic ring is 1. The van der Waals surface area contributed by atoms with E-state index in [1.165, 1.54) is 0 Å². The number of rotatable bonds is 5. The average molecular weight is 260 g/mol. The van der Waals surface area contributed by atoms with Gasteiger partial charge in [0.05, 0.1) is 17.6 Å². The lowest BCUT2D eigenvalue weighted by Crippen LogP contribution is -2.29. The van der Waals surface area contributed by atoms with Crippen LogP contribution in [0.15, 0.2) is 36.7 Å². The van der Waals surface area contributed by atoms with Gasteiger partial charge in [0.15, 0.2) is 0 Å². The van der Waals surface area contributed by atoms with Gasteiger partial charge in [0, 0.05) is 25.4 Å². The molecule has 1 aromatic heterocycles. The van der Waals surface area contributed by atoms with Crippen LogP contribution in [-0.4, -0.2) is 27.4 Å². The minimum Gasteiger partial charge on any atom is -0.480 e. The molecule has 0 aliphatic heterocycles. The van der Waals surface area contributed by atoms with E-state index < -0.39 is 5.97 Å². The third-order valence-electron chi connectivity index (χ3n) is 2.74. The van der Waals surface area contributed by atoms with Crippen LogP contribution in [0.2, 0.25) is 0 Å². The Hall–Kier alpha value is -2.50. The van der Waals surface area contributed by atoms with E-state index in [1.807, 2.05) is 31.4 Å². The van der Waals surface area contributed by atoms with Crippen molar-refractivity contribution in [3.05, 3.63) is 42.2 Å². The minimum absolute atomic E-state index is 0.108. The first-order valence-corrected chi connectivity index (χ1v) is 5.85. The Labute approximate surface area is 111 Å². The number of aryl methyl sites for hydroxylation is 1. The molecule has 6 nitrogen and oxygen atoms in total. The molecule has 6 heteroatoms. The van der Waals surface area contributed by atoms with Gasteiger partial charge in [-0.2, -0.15) is 5.10 Å². The van der Waals surface area contributed by atoms with Gasteiger partial charge in [-0.25, -0.2) is 0 Å². The molecule has 0 atom stereocenters. The van der Waals surface area contributed by atoms with Gasteiger partial charge in [-0.15, -0.1) is 0 Å². The number of hydrogen-bond donors (Lipinski definition) is 2. The molecule has 0 amide bonds. The number of hydrogen-bond acceptors (Lipinski definition) is 4. The molecule has 0 saturated heterocycles. The largest absolute Gasteiger partial charge is 0.480 e. The van der Waals surface area contributed by atoms with Crippen LogP contribution in [0.5, 0.6) is 0 Å². The molecular formula is C13H16N4O2. The van der Waals surface area contributed by atoms with Gasteiger partial charge < -0.3 is 15.7 Å². The summed E-state index contributed by atoms with van der Waals surface area (Å²) in [7, 11) is 1.82. The van der Waals surface area contributed by atoms with Gasteiger partial charge in [0.2, 0.25) is 0 Å². The summed E-state index contributed by atoms with van der Waals surface area (Å²) in [6.07, 6.45) is 3.57. The zero-order valence-corrected chi connectivity index (χ0v) is 10.7. The van der Waals surface area contributed by atoms with E-state index in [2.05, 4.69) is 5.10 Å². The van der Waals surface area contributed by atoms with Crippen LogP contribution in [0, 0.1) is 0 Å². The van der Waals surface area contributed by atoms with Crippen molar-refractivity contribution < 1.29 is 9.90 Å². The second kappa shape index (κ2) is 5.43. The molecular weight excluding hydrogens is 244 g/mol. The number of anilines is 2. The first-order valence-electron chi connectivity index (χ1n) is 5.85. The molecule has 0 spiro atoms. The van der Waals surface area contributed by atoms with E-state index in [9.17, 15) is 4.79 Å². The number of benzene rings is 1. The Morgan fingerprint density at radius 1 is 1.47 bits per heavy atom. The number of aromatic nitrogens is 2. The summed E-state index contributed by atoms with van der Waals surface area (Å²) in [5.41, 5.74) is 8.12. The van der Waals surface area contributed by atoms with Crippen molar-refractivity contribution in [3.8, 4) is 0 Å². The van der Waals surface area contributed by atoms with Crippen molar-refractivity contribution in [2.24, 2.45) is 7.05 Å². The van der Waals surface area contributed by atoms with Crippen molar-refractivity contribution in [2.75, 3.05) is 17.2 Å². The minimum atomic E-state index is -0.896. The fourth-order valence-corrected chi connectivity index (χ4v) is 1.94. The molecule has 1 heterocycles. The summed E-state index contributed by atoms with van der Waals surface area (Å²) >= 11 is 0. The number of nitrogens with zero attached hydrogens (tertiary/aromatic N) is 3. The summed E-state index contributed by atoms with van der Waals surface area (Å²) in [5, 5.41) is 13.1. The average Bonchev–Trinajstić information content (AvgIpc) is 2.74. The van der Waals surface area contributed by atoms with Crippen molar-refractivity contribution in [1.82, 2.24) is 9.78 Å². The van der Waals surface area contributed by atoms with Crippen LogP contribution in [0.25, 0.3) is 0 Å². The first-order chi connectivity index (χ1) is 9.06. The number of aliphatic carboxylic acids is 1. The van der Waals surface area contributed by atoms with Gasteiger partial charge in [0.1, 0.15) is 6.54 Å².